The quantitative estimate of drug-likeness (QED) is 0.757. The number of amides is 1. The van der Waals surface area contributed by atoms with Gasteiger partial charge in [-0.3, -0.25) is 4.79 Å². The summed E-state index contributed by atoms with van der Waals surface area (Å²) in [4.78, 5) is 21.6. The minimum Gasteiger partial charge on any atom is -0.388 e. The first-order chi connectivity index (χ1) is 8.56. The number of likely N-dealkylation sites (N-methyl/N-ethyl adjacent to an activating group) is 1. The van der Waals surface area contributed by atoms with Crippen molar-refractivity contribution in [3.8, 4) is 0 Å². The van der Waals surface area contributed by atoms with E-state index in [2.05, 4.69) is 15.3 Å². The Kier molecular flexibility index (Phi) is 3.71. The van der Waals surface area contributed by atoms with Crippen molar-refractivity contribution in [2.24, 2.45) is 5.73 Å². The van der Waals surface area contributed by atoms with Crippen LogP contribution in [0.15, 0.2) is 12.4 Å². The molecule has 1 atom stereocenters. The third-order valence-electron chi connectivity index (χ3n) is 2.88. The molecule has 6 nitrogen and oxygen atoms in total. The van der Waals surface area contributed by atoms with Gasteiger partial charge in [-0.25, -0.2) is 9.97 Å². The summed E-state index contributed by atoms with van der Waals surface area (Å²) in [7, 11) is 1.80. The van der Waals surface area contributed by atoms with Crippen LogP contribution in [0.1, 0.15) is 18.5 Å². The van der Waals surface area contributed by atoms with E-state index >= 15 is 0 Å². The van der Waals surface area contributed by atoms with Crippen molar-refractivity contribution < 1.29 is 4.79 Å². The van der Waals surface area contributed by atoms with Crippen LogP contribution in [0.4, 0.5) is 5.82 Å². The highest BCUT2D eigenvalue weighted by Gasteiger charge is 2.22. The highest BCUT2D eigenvalue weighted by Crippen LogP contribution is 2.14. The Morgan fingerprint density at radius 1 is 1.56 bits per heavy atom. The second kappa shape index (κ2) is 5.26. The van der Waals surface area contributed by atoms with Gasteiger partial charge in [0.15, 0.2) is 0 Å². The molecule has 0 spiro atoms. The standard InChI is InChI=1S/C11H15N5OS/c1-16-6-7(2-3-10(16)17)15-9-5-13-8(4-14-9)11(12)18/h4-5,7H,2-3,6H2,1H3,(H2,12,18)(H,14,15). The smallest absolute Gasteiger partial charge is 0.222 e. The van der Waals surface area contributed by atoms with Crippen LogP contribution in [0.25, 0.3) is 0 Å². The van der Waals surface area contributed by atoms with E-state index in [0.717, 1.165) is 6.42 Å². The van der Waals surface area contributed by atoms with Gasteiger partial charge in [-0.1, -0.05) is 12.2 Å². The van der Waals surface area contributed by atoms with E-state index in [4.69, 9.17) is 18.0 Å². The summed E-state index contributed by atoms with van der Waals surface area (Å²) in [6, 6.07) is 0.206. The SMILES string of the molecule is CN1CC(Nc2cnc(C(N)=S)cn2)CCC1=O. The summed E-state index contributed by atoms with van der Waals surface area (Å²) in [6.07, 6.45) is 4.52. The van der Waals surface area contributed by atoms with Gasteiger partial charge in [0.05, 0.1) is 12.4 Å². The van der Waals surface area contributed by atoms with Crippen LogP contribution in [-0.2, 0) is 4.79 Å². The molecule has 1 saturated heterocycles. The fourth-order valence-corrected chi connectivity index (χ4v) is 1.97. The van der Waals surface area contributed by atoms with Crippen molar-refractivity contribution in [3.63, 3.8) is 0 Å². The first kappa shape index (κ1) is 12.7. The highest BCUT2D eigenvalue weighted by atomic mass is 32.1. The molecule has 1 fully saturated rings. The predicted octanol–water partition coefficient (Wildman–Crippen LogP) is 0.143. The van der Waals surface area contributed by atoms with Gasteiger partial charge >= 0.3 is 0 Å². The molecule has 1 aromatic rings. The Morgan fingerprint density at radius 3 is 2.89 bits per heavy atom. The number of nitrogens with one attached hydrogen (secondary N) is 1. The zero-order valence-corrected chi connectivity index (χ0v) is 10.9. The number of anilines is 1. The van der Waals surface area contributed by atoms with E-state index in [1.165, 1.54) is 0 Å². The molecule has 1 unspecified atom stereocenters. The lowest BCUT2D eigenvalue weighted by molar-refractivity contribution is -0.132. The van der Waals surface area contributed by atoms with Gasteiger partial charge in [0.1, 0.15) is 16.5 Å². The topological polar surface area (TPSA) is 84.1 Å². The number of hydrogen-bond donors (Lipinski definition) is 2. The fourth-order valence-electron chi connectivity index (χ4n) is 1.87. The average Bonchev–Trinajstić information content (AvgIpc) is 2.34. The lowest BCUT2D eigenvalue weighted by Gasteiger charge is -2.30. The fraction of sp³-hybridized carbons (Fsp3) is 0.455. The van der Waals surface area contributed by atoms with Crippen molar-refractivity contribution >= 4 is 28.9 Å². The Bertz CT molecular complexity index is 461. The van der Waals surface area contributed by atoms with Gasteiger partial charge in [-0.05, 0) is 6.42 Å². The number of hydrogen-bond acceptors (Lipinski definition) is 5. The molecule has 0 aromatic carbocycles. The number of thiocarbonyl (C=S) groups is 1. The second-order valence-electron chi connectivity index (χ2n) is 4.31. The van der Waals surface area contributed by atoms with Crippen LogP contribution in [0.3, 0.4) is 0 Å². The zero-order chi connectivity index (χ0) is 13.1. The number of nitrogens with two attached hydrogens (primary N) is 1. The van der Waals surface area contributed by atoms with Crippen LogP contribution >= 0.6 is 12.2 Å². The normalized spacial score (nSPS) is 19.7. The minimum atomic E-state index is 0.183. The molecular weight excluding hydrogens is 250 g/mol. The number of nitrogens with zero attached hydrogens (tertiary/aromatic N) is 3. The van der Waals surface area contributed by atoms with E-state index in [1.54, 1.807) is 24.3 Å². The van der Waals surface area contributed by atoms with Crippen LogP contribution in [0.2, 0.25) is 0 Å². The summed E-state index contributed by atoms with van der Waals surface area (Å²) in [5, 5.41) is 3.25. The molecule has 18 heavy (non-hydrogen) atoms. The lowest BCUT2D eigenvalue weighted by atomic mass is 10.1. The Morgan fingerprint density at radius 2 is 2.33 bits per heavy atom. The monoisotopic (exact) mass is 265 g/mol. The Hall–Kier alpha value is -1.76. The number of carbonyl (C=O) groups excluding carboxylic acids is 1. The molecule has 1 amide bonds. The number of rotatable bonds is 3. The molecule has 0 aliphatic carbocycles. The van der Waals surface area contributed by atoms with Crippen molar-refractivity contribution in [3.05, 3.63) is 18.1 Å². The van der Waals surface area contributed by atoms with E-state index in [1.807, 2.05) is 0 Å². The van der Waals surface area contributed by atoms with Crippen molar-refractivity contribution in [1.29, 1.82) is 0 Å². The van der Waals surface area contributed by atoms with Crippen molar-refractivity contribution in [2.45, 2.75) is 18.9 Å². The van der Waals surface area contributed by atoms with Crippen LogP contribution < -0.4 is 11.1 Å². The van der Waals surface area contributed by atoms with Crippen LogP contribution in [-0.4, -0.2) is 45.4 Å². The number of aromatic nitrogens is 2. The summed E-state index contributed by atoms with van der Waals surface area (Å²) < 4.78 is 0. The number of likely N-dealkylation sites (tertiary alicyclic amines) is 1. The van der Waals surface area contributed by atoms with Gasteiger partial charge in [0.25, 0.3) is 0 Å². The van der Waals surface area contributed by atoms with E-state index in [-0.39, 0.29) is 16.9 Å². The molecule has 1 aliphatic heterocycles. The molecule has 3 N–H and O–H groups in total. The first-order valence-electron chi connectivity index (χ1n) is 5.68. The Balaban J connectivity index is 1.97. The third-order valence-corrected chi connectivity index (χ3v) is 3.09. The summed E-state index contributed by atoms with van der Waals surface area (Å²) in [6.45, 7) is 0.678. The highest BCUT2D eigenvalue weighted by molar-refractivity contribution is 7.80. The molecule has 1 aliphatic rings. The van der Waals surface area contributed by atoms with Gasteiger partial charge in [-0.15, -0.1) is 0 Å². The average molecular weight is 265 g/mol. The molecule has 0 saturated carbocycles. The maximum absolute atomic E-state index is 11.4. The summed E-state index contributed by atoms with van der Waals surface area (Å²) in [5.74, 6) is 0.853. The van der Waals surface area contributed by atoms with Gasteiger partial charge in [0.2, 0.25) is 5.91 Å². The molecule has 2 rings (SSSR count). The summed E-state index contributed by atoms with van der Waals surface area (Å²) >= 11 is 4.81. The zero-order valence-electron chi connectivity index (χ0n) is 10.1. The van der Waals surface area contributed by atoms with E-state index in [9.17, 15) is 4.79 Å². The first-order valence-corrected chi connectivity index (χ1v) is 6.09. The minimum absolute atomic E-state index is 0.183. The lowest BCUT2D eigenvalue weighted by Crippen LogP contribution is -2.43. The second-order valence-corrected chi connectivity index (χ2v) is 4.75. The maximum atomic E-state index is 11.4. The molecule has 0 bridgehead atoms. The van der Waals surface area contributed by atoms with Gasteiger partial charge in [0, 0.05) is 26.1 Å². The molecule has 7 heteroatoms. The van der Waals surface area contributed by atoms with Crippen molar-refractivity contribution in [1.82, 2.24) is 14.9 Å². The molecule has 0 radical (unpaired) electrons. The number of carbonyl (C=O) groups is 1. The maximum Gasteiger partial charge on any atom is 0.222 e. The predicted molar refractivity (Wildman–Crippen MR) is 72.2 cm³/mol. The largest absolute Gasteiger partial charge is 0.388 e. The van der Waals surface area contributed by atoms with Crippen LogP contribution in [0, 0.1) is 0 Å². The molecule has 96 valence electrons. The van der Waals surface area contributed by atoms with Crippen LogP contribution in [0.5, 0.6) is 0 Å². The Labute approximate surface area is 111 Å². The molecule has 1 aromatic heterocycles. The van der Waals surface area contributed by atoms with E-state index in [0.29, 0.717) is 24.5 Å². The summed E-state index contributed by atoms with van der Waals surface area (Å²) in [5.41, 5.74) is 5.95. The molecular formula is C11H15N5OS. The third kappa shape index (κ3) is 2.92. The van der Waals surface area contributed by atoms with Gasteiger partial charge in [-0.2, -0.15) is 0 Å². The van der Waals surface area contributed by atoms with Gasteiger partial charge < -0.3 is 16.0 Å². The number of piperidine rings is 1. The van der Waals surface area contributed by atoms with E-state index < -0.39 is 0 Å². The molecule has 2 heterocycles. The van der Waals surface area contributed by atoms with Crippen molar-refractivity contribution in [2.75, 3.05) is 18.9 Å².